The first-order valence-electron chi connectivity index (χ1n) is 8.01. The molecule has 1 unspecified atom stereocenters. The summed E-state index contributed by atoms with van der Waals surface area (Å²) >= 11 is 0. The molecule has 0 aliphatic heterocycles. The summed E-state index contributed by atoms with van der Waals surface area (Å²) in [4.78, 5) is 41.9. The number of ether oxygens (including phenoxy) is 2. The van der Waals surface area contributed by atoms with Crippen molar-refractivity contribution in [3.63, 3.8) is 0 Å². The van der Waals surface area contributed by atoms with Gasteiger partial charge in [0.1, 0.15) is 25.5 Å². The molecule has 0 aliphatic rings. The predicted molar refractivity (Wildman–Crippen MR) is 93.1 cm³/mol. The number of rotatable bonds is 9. The smallest absolute Gasteiger partial charge is 0.323 e. The summed E-state index contributed by atoms with van der Waals surface area (Å²) in [5, 5.41) is 12.1. The van der Waals surface area contributed by atoms with E-state index in [1.807, 2.05) is 0 Å². The lowest BCUT2D eigenvalue weighted by atomic mass is 10.1. The number of anilines is 1. The summed E-state index contributed by atoms with van der Waals surface area (Å²) in [5.41, 5.74) is 10.3. The van der Waals surface area contributed by atoms with E-state index in [1.165, 1.54) is 10.9 Å². The van der Waals surface area contributed by atoms with Crippen molar-refractivity contribution in [2.75, 3.05) is 18.9 Å². The van der Waals surface area contributed by atoms with Gasteiger partial charge in [0.15, 0.2) is 11.2 Å². The molecule has 2 aromatic heterocycles. The van der Waals surface area contributed by atoms with Gasteiger partial charge in [0.2, 0.25) is 5.95 Å². The molecule has 5 N–H and O–H groups in total. The minimum Gasteiger partial charge on any atom is -0.462 e. The summed E-state index contributed by atoms with van der Waals surface area (Å²) in [7, 11) is 0. The van der Waals surface area contributed by atoms with Crippen LogP contribution in [0.3, 0.4) is 0 Å². The van der Waals surface area contributed by atoms with E-state index < -0.39 is 36.2 Å². The number of nitroso groups, excluding NO2 is 1. The van der Waals surface area contributed by atoms with Crippen LogP contribution in [-0.2, 0) is 21.0 Å². The number of esters is 1. The predicted octanol–water partition coefficient (Wildman–Crippen LogP) is -1.43. The molecule has 0 amide bonds. The lowest BCUT2D eigenvalue weighted by Gasteiger charge is -2.19. The fourth-order valence-electron chi connectivity index (χ4n) is 2.12. The first-order chi connectivity index (χ1) is 12.8. The van der Waals surface area contributed by atoms with Gasteiger partial charge in [0.25, 0.3) is 0 Å². The van der Waals surface area contributed by atoms with Gasteiger partial charge in [-0.15, -0.1) is 9.58 Å². The molecule has 0 spiro atoms. The van der Waals surface area contributed by atoms with Crippen molar-refractivity contribution >= 4 is 23.1 Å². The normalized spacial score (nSPS) is 13.7. The first kappa shape index (κ1) is 20.4. The van der Waals surface area contributed by atoms with Crippen LogP contribution in [0.25, 0.3) is 11.2 Å². The number of nitrogen functional groups attached to an aromatic ring is 1. The van der Waals surface area contributed by atoms with Crippen molar-refractivity contribution in [2.24, 2.45) is 16.9 Å². The SMILES string of the molecule is CC(C)[C@H](N)C(=O)OCC(CO)OCn1cnc2c(=O)nc(N)n(N=O)c21. The lowest BCUT2D eigenvalue weighted by molar-refractivity contribution is -0.153. The number of nitrogens with zero attached hydrogens (tertiary/aromatic N) is 5. The number of carbonyl (C=O) groups is 1. The van der Waals surface area contributed by atoms with Crippen LogP contribution in [0.2, 0.25) is 0 Å². The highest BCUT2D eigenvalue weighted by molar-refractivity contribution is 5.75. The summed E-state index contributed by atoms with van der Waals surface area (Å²) in [6, 6.07) is -0.787. The van der Waals surface area contributed by atoms with E-state index >= 15 is 0 Å². The Labute approximate surface area is 152 Å². The van der Waals surface area contributed by atoms with Crippen LogP contribution < -0.4 is 17.0 Å². The second-order valence-corrected chi connectivity index (χ2v) is 6.06. The molecule has 0 aliphatic carbocycles. The van der Waals surface area contributed by atoms with Crippen LogP contribution in [0.15, 0.2) is 16.4 Å². The monoisotopic (exact) mass is 383 g/mol. The zero-order chi connectivity index (χ0) is 20.1. The molecule has 2 aromatic rings. The van der Waals surface area contributed by atoms with Crippen LogP contribution in [0.5, 0.6) is 0 Å². The molecular formula is C14H21N7O6. The first-order valence-corrected chi connectivity index (χ1v) is 8.01. The summed E-state index contributed by atoms with van der Waals surface area (Å²) in [6.45, 7) is 2.65. The number of aromatic nitrogens is 4. The van der Waals surface area contributed by atoms with Gasteiger partial charge in [-0.25, -0.2) is 4.98 Å². The van der Waals surface area contributed by atoms with E-state index in [1.54, 1.807) is 13.8 Å². The van der Waals surface area contributed by atoms with Gasteiger partial charge in [-0.05, 0) is 5.92 Å². The highest BCUT2D eigenvalue weighted by Crippen LogP contribution is 2.13. The molecule has 27 heavy (non-hydrogen) atoms. The maximum atomic E-state index is 11.8. The van der Waals surface area contributed by atoms with Gasteiger partial charge in [0.05, 0.1) is 18.2 Å². The number of imidazole rings is 1. The number of aliphatic hydroxyl groups excluding tert-OH is 1. The van der Waals surface area contributed by atoms with Crippen LogP contribution in [0, 0.1) is 10.8 Å². The van der Waals surface area contributed by atoms with Crippen LogP contribution in [-0.4, -0.2) is 55.6 Å². The van der Waals surface area contributed by atoms with E-state index in [0.717, 1.165) is 0 Å². The Morgan fingerprint density at radius 1 is 1.44 bits per heavy atom. The van der Waals surface area contributed by atoms with Crippen LogP contribution in [0.1, 0.15) is 13.8 Å². The van der Waals surface area contributed by atoms with E-state index in [-0.39, 0.29) is 30.4 Å². The standard InChI is InChI=1S/C14H21N7O6/c1-7(2)9(15)13(24)26-4-8(3-22)27-6-20-5-17-10-11(23)18-14(16)21(19-25)12(10)20/h5,7-9,22H,3-4,6,15H2,1-2H3,(H2,16,18,23)/t8?,9-/m0/s1. The second kappa shape index (κ2) is 8.66. The van der Waals surface area contributed by atoms with Gasteiger partial charge in [-0.1, -0.05) is 13.8 Å². The van der Waals surface area contributed by atoms with E-state index in [2.05, 4.69) is 15.3 Å². The Kier molecular flexibility index (Phi) is 6.55. The zero-order valence-electron chi connectivity index (χ0n) is 14.8. The van der Waals surface area contributed by atoms with E-state index in [0.29, 0.717) is 4.68 Å². The minimum atomic E-state index is -0.866. The molecule has 0 saturated carbocycles. The molecule has 0 fully saturated rings. The largest absolute Gasteiger partial charge is 0.462 e. The third-order valence-electron chi connectivity index (χ3n) is 3.78. The molecule has 2 rings (SSSR count). The number of nitrogens with two attached hydrogens (primary N) is 2. The van der Waals surface area contributed by atoms with Crippen LogP contribution in [0.4, 0.5) is 5.95 Å². The molecule has 0 aromatic carbocycles. The third-order valence-corrected chi connectivity index (χ3v) is 3.78. The van der Waals surface area contributed by atoms with Crippen molar-refractivity contribution in [3.8, 4) is 0 Å². The van der Waals surface area contributed by atoms with Crippen molar-refractivity contribution in [1.82, 2.24) is 19.2 Å². The van der Waals surface area contributed by atoms with Gasteiger partial charge in [0, 0.05) is 0 Å². The second-order valence-electron chi connectivity index (χ2n) is 6.06. The number of fused-ring (bicyclic) bond motifs is 1. The number of hydrogen-bond donors (Lipinski definition) is 3. The molecule has 2 heterocycles. The Bertz CT molecular complexity index is 877. The lowest BCUT2D eigenvalue weighted by Crippen LogP contribution is -2.39. The molecule has 0 bridgehead atoms. The fourth-order valence-corrected chi connectivity index (χ4v) is 2.12. The van der Waals surface area contributed by atoms with Gasteiger partial charge < -0.3 is 26.0 Å². The topological polar surface area (TPSA) is 190 Å². The average molecular weight is 383 g/mol. The van der Waals surface area contributed by atoms with E-state index in [9.17, 15) is 19.6 Å². The maximum absolute atomic E-state index is 11.8. The number of hydrogen-bond acceptors (Lipinski definition) is 11. The van der Waals surface area contributed by atoms with Crippen molar-refractivity contribution in [2.45, 2.75) is 32.7 Å². The minimum absolute atomic E-state index is 0.0157. The average Bonchev–Trinajstić information content (AvgIpc) is 3.05. The molecule has 148 valence electrons. The Morgan fingerprint density at radius 2 is 2.15 bits per heavy atom. The molecule has 13 nitrogen and oxygen atoms in total. The highest BCUT2D eigenvalue weighted by Gasteiger charge is 2.21. The van der Waals surface area contributed by atoms with Gasteiger partial charge in [-0.2, -0.15) is 4.98 Å². The molecular weight excluding hydrogens is 362 g/mol. The van der Waals surface area contributed by atoms with Crippen LogP contribution >= 0.6 is 0 Å². The maximum Gasteiger partial charge on any atom is 0.323 e. The molecule has 0 radical (unpaired) electrons. The highest BCUT2D eigenvalue weighted by atomic mass is 16.6. The fraction of sp³-hybridized carbons (Fsp3) is 0.571. The van der Waals surface area contributed by atoms with Gasteiger partial charge in [-0.3, -0.25) is 14.2 Å². The Morgan fingerprint density at radius 3 is 2.74 bits per heavy atom. The number of aliphatic hydroxyl groups is 1. The quantitative estimate of drug-likeness (QED) is 0.341. The van der Waals surface area contributed by atoms with E-state index in [4.69, 9.17) is 20.9 Å². The zero-order valence-corrected chi connectivity index (χ0v) is 14.8. The summed E-state index contributed by atoms with van der Waals surface area (Å²) in [5.74, 6) is -1.12. The molecule has 0 saturated heterocycles. The Hall–Kier alpha value is -2.90. The number of carbonyl (C=O) groups excluding carboxylic acids is 1. The summed E-state index contributed by atoms with van der Waals surface area (Å²) < 4.78 is 12.5. The third kappa shape index (κ3) is 4.45. The van der Waals surface area contributed by atoms with Crippen molar-refractivity contribution in [3.05, 3.63) is 21.6 Å². The van der Waals surface area contributed by atoms with Crippen molar-refractivity contribution < 1.29 is 19.4 Å². The van der Waals surface area contributed by atoms with Gasteiger partial charge >= 0.3 is 11.5 Å². The van der Waals surface area contributed by atoms with Crippen molar-refractivity contribution in [1.29, 1.82) is 0 Å². The Balaban J connectivity index is 2.10. The summed E-state index contributed by atoms with van der Waals surface area (Å²) in [6.07, 6.45) is 0.360. The molecule has 13 heteroatoms. The molecule has 2 atom stereocenters.